The number of nitrogens with one attached hydrogen (secondary N) is 1. The first kappa shape index (κ1) is 25.8. The van der Waals surface area contributed by atoms with Crippen molar-refractivity contribution in [1.29, 1.82) is 0 Å². The SMILES string of the molecule is CCC12CCCN3CCc4c(n(c5ccccc45)C(c4ccc(O)c5c4NC4CCC6(CC)CCCN7CCC54C76)C1)C32. The smallest absolute Gasteiger partial charge is 0.121 e. The van der Waals surface area contributed by atoms with Crippen LogP contribution >= 0.6 is 0 Å². The minimum Gasteiger partial charge on any atom is -0.508 e. The molecule has 0 bridgehead atoms. The average molecular weight is 577 g/mol. The first-order valence-electron chi connectivity index (χ1n) is 17.8. The van der Waals surface area contributed by atoms with Gasteiger partial charge < -0.3 is 15.0 Å². The number of phenolic OH excluding ortho intramolecular Hbond substituents is 1. The Morgan fingerprint density at radius 1 is 0.884 bits per heavy atom. The summed E-state index contributed by atoms with van der Waals surface area (Å²) < 4.78 is 2.81. The van der Waals surface area contributed by atoms with E-state index in [1.165, 1.54) is 125 Å². The number of fused-ring (bicyclic) bond motifs is 4. The van der Waals surface area contributed by atoms with Gasteiger partial charge >= 0.3 is 0 Å². The molecule has 43 heavy (non-hydrogen) atoms. The molecule has 3 aromatic rings. The van der Waals surface area contributed by atoms with Crippen molar-refractivity contribution in [2.45, 2.75) is 114 Å². The highest BCUT2D eigenvalue weighted by Crippen LogP contribution is 2.67. The minimum atomic E-state index is 0.0313. The van der Waals surface area contributed by atoms with Gasteiger partial charge in [0.05, 0.1) is 12.1 Å². The van der Waals surface area contributed by atoms with Gasteiger partial charge in [-0.2, -0.15) is 0 Å². The normalized spacial score (nSPS) is 39.2. The van der Waals surface area contributed by atoms with Gasteiger partial charge in [-0.1, -0.05) is 38.1 Å². The maximum atomic E-state index is 11.9. The highest BCUT2D eigenvalue weighted by molar-refractivity contribution is 5.87. The number of hydrogen-bond donors (Lipinski definition) is 2. The van der Waals surface area contributed by atoms with Gasteiger partial charge in [0.1, 0.15) is 5.75 Å². The van der Waals surface area contributed by atoms with E-state index in [2.05, 4.69) is 69.9 Å². The maximum Gasteiger partial charge on any atom is 0.121 e. The lowest BCUT2D eigenvalue weighted by Gasteiger charge is -2.58. The molecule has 7 aliphatic rings. The molecule has 3 saturated heterocycles. The molecule has 7 unspecified atom stereocenters. The molecule has 5 nitrogen and oxygen atoms in total. The fourth-order valence-electron chi connectivity index (χ4n) is 13.0. The van der Waals surface area contributed by atoms with Crippen molar-refractivity contribution in [2.75, 3.05) is 31.5 Å². The number of anilines is 1. The number of piperidine rings is 2. The third-order valence-electron chi connectivity index (χ3n) is 14.6. The third kappa shape index (κ3) is 2.94. The van der Waals surface area contributed by atoms with Crippen molar-refractivity contribution in [2.24, 2.45) is 10.8 Å². The Kier molecular flexibility index (Phi) is 5.16. The van der Waals surface area contributed by atoms with E-state index >= 15 is 0 Å². The predicted molar refractivity (Wildman–Crippen MR) is 173 cm³/mol. The molecular weight excluding hydrogens is 528 g/mol. The lowest BCUT2D eigenvalue weighted by molar-refractivity contribution is -0.0314. The Morgan fingerprint density at radius 2 is 1.70 bits per heavy atom. The second-order valence-electron chi connectivity index (χ2n) is 15.7. The Bertz CT molecular complexity index is 1660. The van der Waals surface area contributed by atoms with Crippen molar-refractivity contribution < 1.29 is 5.11 Å². The topological polar surface area (TPSA) is 43.7 Å². The highest BCUT2D eigenvalue weighted by atomic mass is 16.3. The van der Waals surface area contributed by atoms with Gasteiger partial charge in [0, 0.05) is 51.9 Å². The first-order valence-corrected chi connectivity index (χ1v) is 17.8. The van der Waals surface area contributed by atoms with Crippen LogP contribution in [0.2, 0.25) is 0 Å². The van der Waals surface area contributed by atoms with Crippen molar-refractivity contribution in [3.05, 3.63) is 58.8 Å². The van der Waals surface area contributed by atoms with Crippen molar-refractivity contribution >= 4 is 16.6 Å². The average Bonchev–Trinajstić information content (AvgIpc) is 3.72. The van der Waals surface area contributed by atoms with Crippen LogP contribution in [0.15, 0.2) is 36.4 Å². The van der Waals surface area contributed by atoms with E-state index in [1.807, 2.05) is 0 Å². The molecule has 0 amide bonds. The number of aromatic nitrogens is 1. The monoisotopic (exact) mass is 576 g/mol. The molecule has 4 fully saturated rings. The van der Waals surface area contributed by atoms with E-state index in [9.17, 15) is 5.11 Å². The molecule has 0 radical (unpaired) electrons. The molecule has 1 saturated carbocycles. The number of nitrogens with zero attached hydrogens (tertiary/aromatic N) is 3. The molecule has 226 valence electrons. The van der Waals surface area contributed by atoms with Crippen molar-refractivity contribution in [3.8, 4) is 5.75 Å². The summed E-state index contributed by atoms with van der Waals surface area (Å²) >= 11 is 0. The van der Waals surface area contributed by atoms with Crippen LogP contribution in [-0.4, -0.2) is 57.7 Å². The summed E-state index contributed by atoms with van der Waals surface area (Å²) in [4.78, 5) is 5.71. The molecule has 1 aromatic heterocycles. The van der Waals surface area contributed by atoms with Crippen molar-refractivity contribution in [3.63, 3.8) is 0 Å². The second kappa shape index (κ2) is 8.60. The minimum absolute atomic E-state index is 0.0313. The molecule has 2 N–H and O–H groups in total. The fourth-order valence-corrected chi connectivity index (χ4v) is 13.0. The fraction of sp³-hybridized carbons (Fsp3) is 0.632. The quantitative estimate of drug-likeness (QED) is 0.339. The number of para-hydroxylation sites is 1. The van der Waals surface area contributed by atoms with Gasteiger partial charge in [-0.25, -0.2) is 0 Å². The number of benzene rings is 2. The van der Waals surface area contributed by atoms with Gasteiger partial charge in [0.15, 0.2) is 0 Å². The molecule has 2 aromatic carbocycles. The molecule has 10 rings (SSSR count). The summed E-state index contributed by atoms with van der Waals surface area (Å²) in [6.45, 7) is 9.79. The van der Waals surface area contributed by atoms with Crippen LogP contribution in [-0.2, 0) is 11.8 Å². The lowest BCUT2D eigenvalue weighted by Crippen LogP contribution is -2.63. The molecule has 6 aliphatic heterocycles. The van der Waals surface area contributed by atoms with Crippen LogP contribution in [0, 0.1) is 10.8 Å². The summed E-state index contributed by atoms with van der Waals surface area (Å²) in [6, 6.07) is 15.5. The Morgan fingerprint density at radius 3 is 2.56 bits per heavy atom. The van der Waals surface area contributed by atoms with E-state index in [-0.39, 0.29) is 5.41 Å². The zero-order chi connectivity index (χ0) is 28.7. The van der Waals surface area contributed by atoms with Crippen LogP contribution in [0.4, 0.5) is 5.69 Å². The number of hydrogen-bond acceptors (Lipinski definition) is 4. The standard InChI is InChI=1S/C38H48N4O/c1-3-36-15-7-20-41-22-18-38(35(36)41)30(13-17-36)39-32-26(11-12-29(43)31(32)38)28-23-37(4-2)16-8-19-40-21-14-25-24-9-5-6-10-27(24)42(28)33(25)34(37)40/h5-6,9-12,28,30,34-35,39,43H,3-4,7-8,13-23H2,1-2H3. The molecule has 1 spiro atoms. The highest BCUT2D eigenvalue weighted by Gasteiger charge is 2.67. The number of aromatic hydroxyl groups is 1. The number of rotatable bonds is 3. The van der Waals surface area contributed by atoms with Crippen molar-refractivity contribution in [1.82, 2.24) is 14.4 Å². The molecule has 7 heterocycles. The number of phenols is 1. The first-order chi connectivity index (χ1) is 21.1. The molecular formula is C38H48N4O. The summed E-state index contributed by atoms with van der Waals surface area (Å²) in [5, 5.41) is 17.6. The third-order valence-corrected chi connectivity index (χ3v) is 14.6. The zero-order valence-corrected chi connectivity index (χ0v) is 26.2. The van der Waals surface area contributed by atoms with Crippen LogP contribution in [0.3, 0.4) is 0 Å². The zero-order valence-electron chi connectivity index (χ0n) is 26.2. The van der Waals surface area contributed by atoms with Crippen LogP contribution < -0.4 is 5.32 Å². The van der Waals surface area contributed by atoms with Gasteiger partial charge in [-0.15, -0.1) is 0 Å². The van der Waals surface area contributed by atoms with E-state index < -0.39 is 0 Å². The molecule has 7 atom stereocenters. The van der Waals surface area contributed by atoms with Crippen LogP contribution in [0.5, 0.6) is 5.75 Å². The van der Waals surface area contributed by atoms with E-state index in [1.54, 1.807) is 11.3 Å². The molecule has 5 heteroatoms. The predicted octanol–water partition coefficient (Wildman–Crippen LogP) is 7.52. The molecule has 1 aliphatic carbocycles. The largest absolute Gasteiger partial charge is 0.508 e. The summed E-state index contributed by atoms with van der Waals surface area (Å²) in [7, 11) is 0. The Hall–Kier alpha value is -2.50. The summed E-state index contributed by atoms with van der Waals surface area (Å²) in [5.74, 6) is 0.551. The summed E-state index contributed by atoms with van der Waals surface area (Å²) in [5.41, 5.74) is 9.47. The lowest BCUT2D eigenvalue weighted by atomic mass is 9.52. The van der Waals surface area contributed by atoms with E-state index in [0.29, 0.717) is 40.7 Å². The Labute approximate surface area is 256 Å². The second-order valence-corrected chi connectivity index (χ2v) is 15.7. The maximum absolute atomic E-state index is 11.9. The van der Waals surface area contributed by atoms with Gasteiger partial charge in [-0.3, -0.25) is 9.80 Å². The van der Waals surface area contributed by atoms with E-state index in [0.717, 1.165) is 0 Å². The van der Waals surface area contributed by atoms with E-state index in [4.69, 9.17) is 0 Å². The van der Waals surface area contributed by atoms with Gasteiger partial charge in [-0.05, 0) is 124 Å². The summed E-state index contributed by atoms with van der Waals surface area (Å²) in [6.07, 6.45) is 13.9. The van der Waals surface area contributed by atoms with Gasteiger partial charge in [0.25, 0.3) is 0 Å². The van der Waals surface area contributed by atoms with Crippen LogP contribution in [0.1, 0.15) is 113 Å². The van der Waals surface area contributed by atoms with Gasteiger partial charge in [0.2, 0.25) is 0 Å². The Balaban J connectivity index is 1.22. The van der Waals surface area contributed by atoms with Crippen LogP contribution in [0.25, 0.3) is 10.9 Å².